The Kier molecular flexibility index (Phi) is 3.83. The lowest BCUT2D eigenvalue weighted by molar-refractivity contribution is -0.118. The van der Waals surface area contributed by atoms with Gasteiger partial charge >= 0.3 is 6.18 Å². The number of halogens is 3. The van der Waals surface area contributed by atoms with Gasteiger partial charge in [0.1, 0.15) is 6.54 Å². The third-order valence-corrected chi connectivity index (χ3v) is 0.586. The maximum absolute atomic E-state index is 11.3. The molecule has 0 N–H and O–H groups in total. The molecular weight excluding hydrogens is 147 g/mol. The highest BCUT2D eigenvalue weighted by molar-refractivity contribution is 5.46. The van der Waals surface area contributed by atoms with Crippen molar-refractivity contribution in [1.29, 1.82) is 0 Å². The van der Waals surface area contributed by atoms with Crippen LogP contribution >= 0.6 is 0 Å². The molecule has 0 heterocycles. The predicted octanol–water partition coefficient (Wildman–Crippen LogP) is 1.61. The molecule has 0 rings (SSSR count). The Balaban J connectivity index is 3.34. The molecule has 0 aromatic rings. The molecule has 10 heavy (non-hydrogen) atoms. The van der Waals surface area contributed by atoms with Crippen LogP contribution in [0, 0.1) is 0 Å². The van der Waals surface area contributed by atoms with E-state index in [9.17, 15) is 13.2 Å². The van der Waals surface area contributed by atoms with E-state index in [2.05, 4.69) is 9.73 Å². The summed E-state index contributed by atoms with van der Waals surface area (Å²) < 4.78 is 38.4. The molecule has 0 bridgehead atoms. The first-order chi connectivity index (χ1) is 4.56. The summed E-state index contributed by atoms with van der Waals surface area (Å²) in [5.41, 5.74) is 0. The van der Waals surface area contributed by atoms with E-state index in [0.29, 0.717) is 6.61 Å². The van der Waals surface area contributed by atoms with Crippen LogP contribution in [0.3, 0.4) is 0 Å². The van der Waals surface area contributed by atoms with Crippen LogP contribution in [-0.4, -0.2) is 25.7 Å². The first kappa shape index (κ1) is 9.26. The molecule has 0 aliphatic heterocycles. The van der Waals surface area contributed by atoms with Gasteiger partial charge < -0.3 is 4.74 Å². The van der Waals surface area contributed by atoms with Crippen molar-refractivity contribution in [2.45, 2.75) is 13.1 Å². The van der Waals surface area contributed by atoms with E-state index < -0.39 is 12.7 Å². The van der Waals surface area contributed by atoms with Crippen molar-refractivity contribution in [2.75, 3.05) is 13.2 Å². The molecule has 0 aliphatic carbocycles. The fourth-order valence-electron chi connectivity index (χ4n) is 0.268. The second kappa shape index (κ2) is 4.14. The third kappa shape index (κ3) is 7.26. The summed E-state index contributed by atoms with van der Waals surface area (Å²) in [7, 11) is 0. The zero-order valence-corrected chi connectivity index (χ0v) is 5.48. The Bertz CT molecular complexity index is 110. The highest BCUT2D eigenvalue weighted by Crippen LogP contribution is 2.13. The lowest BCUT2D eigenvalue weighted by atomic mass is 10.7. The summed E-state index contributed by atoms with van der Waals surface area (Å²) in [6.45, 7) is 0.827. The first-order valence-electron chi connectivity index (χ1n) is 2.73. The second-order valence-electron chi connectivity index (χ2n) is 1.52. The van der Waals surface area contributed by atoms with Crippen molar-refractivity contribution in [2.24, 2.45) is 4.99 Å². The molecule has 2 nitrogen and oxygen atoms in total. The number of aliphatic imine (C=N–C) groups is 1. The van der Waals surface area contributed by atoms with Crippen molar-refractivity contribution >= 4 is 6.40 Å². The highest BCUT2D eigenvalue weighted by atomic mass is 19.4. The largest absolute Gasteiger partial charge is 0.484 e. The molecule has 5 heteroatoms. The Morgan fingerprint density at radius 1 is 1.50 bits per heavy atom. The first-order valence-corrected chi connectivity index (χ1v) is 2.73. The summed E-state index contributed by atoms with van der Waals surface area (Å²) in [6, 6.07) is 0. The molecule has 0 unspecified atom stereocenters. The van der Waals surface area contributed by atoms with E-state index >= 15 is 0 Å². The summed E-state index contributed by atoms with van der Waals surface area (Å²) >= 11 is 0. The smallest absolute Gasteiger partial charge is 0.408 e. The number of ether oxygens (including phenoxy) is 1. The van der Waals surface area contributed by atoms with Crippen LogP contribution in [0.5, 0.6) is 0 Å². The fraction of sp³-hybridized carbons (Fsp3) is 0.800. The Morgan fingerprint density at radius 3 is 2.50 bits per heavy atom. The van der Waals surface area contributed by atoms with Gasteiger partial charge in [0, 0.05) is 0 Å². The van der Waals surface area contributed by atoms with Gasteiger partial charge in [0.15, 0.2) is 6.40 Å². The summed E-state index contributed by atoms with van der Waals surface area (Å²) in [5, 5.41) is 0. The van der Waals surface area contributed by atoms with Crippen LogP contribution in [-0.2, 0) is 4.74 Å². The number of nitrogens with zero attached hydrogens (tertiary/aromatic N) is 1. The second-order valence-corrected chi connectivity index (χ2v) is 1.52. The summed E-state index contributed by atoms with van der Waals surface area (Å²) in [6.07, 6.45) is -3.42. The highest BCUT2D eigenvalue weighted by Gasteiger charge is 2.25. The van der Waals surface area contributed by atoms with Gasteiger partial charge in [-0.15, -0.1) is 0 Å². The van der Waals surface area contributed by atoms with Gasteiger partial charge in [-0.25, -0.2) is 4.99 Å². The monoisotopic (exact) mass is 155 g/mol. The Labute approximate surface area is 56.7 Å². The number of hydrogen-bond acceptors (Lipinski definition) is 2. The van der Waals surface area contributed by atoms with Crippen LogP contribution in [0.1, 0.15) is 6.92 Å². The van der Waals surface area contributed by atoms with E-state index in [-0.39, 0.29) is 0 Å². The molecule has 60 valence electrons. The molecule has 0 radical (unpaired) electrons. The molecule has 0 aromatic carbocycles. The molecule has 0 saturated carbocycles. The van der Waals surface area contributed by atoms with Gasteiger partial charge in [-0.2, -0.15) is 13.2 Å². The van der Waals surface area contributed by atoms with E-state index in [4.69, 9.17) is 0 Å². The topological polar surface area (TPSA) is 21.6 Å². The van der Waals surface area contributed by atoms with E-state index in [1.807, 2.05) is 0 Å². The predicted molar refractivity (Wildman–Crippen MR) is 31.0 cm³/mol. The van der Waals surface area contributed by atoms with E-state index in [1.165, 1.54) is 0 Å². The van der Waals surface area contributed by atoms with Crippen LogP contribution in [0.15, 0.2) is 4.99 Å². The number of alkyl halides is 3. The average molecular weight is 155 g/mol. The maximum Gasteiger partial charge on any atom is 0.408 e. The van der Waals surface area contributed by atoms with Crippen molar-refractivity contribution < 1.29 is 17.9 Å². The van der Waals surface area contributed by atoms with Crippen molar-refractivity contribution in [3.05, 3.63) is 0 Å². The summed E-state index contributed by atoms with van der Waals surface area (Å²) in [5.74, 6) is 0. The molecule has 0 fully saturated rings. The van der Waals surface area contributed by atoms with Gasteiger partial charge in [-0.3, -0.25) is 0 Å². The quantitative estimate of drug-likeness (QED) is 0.448. The molecular formula is C5H8F3NO. The molecule has 0 spiro atoms. The minimum atomic E-state index is -4.23. The lowest BCUT2D eigenvalue weighted by Crippen LogP contribution is -2.12. The molecule has 0 aromatic heterocycles. The van der Waals surface area contributed by atoms with Crippen LogP contribution in [0.25, 0.3) is 0 Å². The maximum atomic E-state index is 11.3. The van der Waals surface area contributed by atoms with Crippen LogP contribution < -0.4 is 0 Å². The molecule has 0 aliphatic rings. The lowest BCUT2D eigenvalue weighted by Gasteiger charge is -1.99. The Hall–Kier alpha value is -0.740. The normalized spacial score (nSPS) is 12.4. The zero-order valence-electron chi connectivity index (χ0n) is 5.48. The number of rotatable bonds is 3. The molecule has 0 saturated heterocycles. The minimum Gasteiger partial charge on any atom is -0.484 e. The Morgan fingerprint density at radius 2 is 2.10 bits per heavy atom. The average Bonchev–Trinajstić information content (AvgIpc) is 1.78. The SMILES string of the molecule is CCOC=NCC(F)(F)F. The zero-order chi connectivity index (χ0) is 8.04. The van der Waals surface area contributed by atoms with Crippen LogP contribution in [0.2, 0.25) is 0 Å². The van der Waals surface area contributed by atoms with Gasteiger partial charge in [0.2, 0.25) is 0 Å². The van der Waals surface area contributed by atoms with Gasteiger partial charge in [0.05, 0.1) is 6.61 Å². The minimum absolute atomic E-state index is 0.335. The van der Waals surface area contributed by atoms with Gasteiger partial charge in [0.25, 0.3) is 0 Å². The van der Waals surface area contributed by atoms with Crippen molar-refractivity contribution in [3.63, 3.8) is 0 Å². The van der Waals surface area contributed by atoms with E-state index in [0.717, 1.165) is 6.40 Å². The number of hydrogen-bond donors (Lipinski definition) is 0. The molecule has 0 amide bonds. The van der Waals surface area contributed by atoms with E-state index in [1.54, 1.807) is 6.92 Å². The van der Waals surface area contributed by atoms with Crippen LogP contribution in [0.4, 0.5) is 13.2 Å². The van der Waals surface area contributed by atoms with Crippen molar-refractivity contribution in [3.8, 4) is 0 Å². The third-order valence-electron chi connectivity index (χ3n) is 0.586. The molecule has 0 atom stereocenters. The van der Waals surface area contributed by atoms with Gasteiger partial charge in [-0.1, -0.05) is 0 Å². The summed E-state index contributed by atoms with van der Waals surface area (Å²) in [4.78, 5) is 2.96. The van der Waals surface area contributed by atoms with Crippen molar-refractivity contribution in [1.82, 2.24) is 0 Å². The standard InChI is InChI=1S/C5H8F3NO/c1-2-10-4-9-3-5(6,7)8/h4H,2-3H2,1H3. The van der Waals surface area contributed by atoms with Gasteiger partial charge in [-0.05, 0) is 6.92 Å². The fourth-order valence-corrected chi connectivity index (χ4v) is 0.268.